The fourth-order valence-corrected chi connectivity index (χ4v) is 2.93. The van der Waals surface area contributed by atoms with Crippen LogP contribution in [0.15, 0.2) is 18.2 Å². The van der Waals surface area contributed by atoms with Gasteiger partial charge in [-0.2, -0.15) is 0 Å². The van der Waals surface area contributed by atoms with Crippen molar-refractivity contribution in [2.75, 3.05) is 14.2 Å². The number of unbranched alkanes of at least 4 members (excludes halogenated alkanes) is 2. The second kappa shape index (κ2) is 8.42. The van der Waals surface area contributed by atoms with E-state index < -0.39 is 13.7 Å². The Kier molecular flexibility index (Phi) is 7.18. The van der Waals surface area contributed by atoms with E-state index in [0.29, 0.717) is 17.9 Å². The fraction of sp³-hybridized carbons (Fsp3) is 0.579. The van der Waals surface area contributed by atoms with Gasteiger partial charge in [0.2, 0.25) is 0 Å². The topological polar surface area (TPSA) is 38.7 Å². The molecule has 0 bridgehead atoms. The predicted octanol–water partition coefficient (Wildman–Crippen LogP) is 4.35. The molecule has 0 aliphatic rings. The highest BCUT2D eigenvalue weighted by Gasteiger charge is 2.24. The molecule has 1 rings (SSSR count). The number of benzene rings is 1. The average molecular weight is 335 g/mol. The van der Waals surface area contributed by atoms with Gasteiger partial charge in [0.05, 0.1) is 19.8 Å². The molecular formula is C19H30O3Si. The Morgan fingerprint density at radius 3 is 2.09 bits per heavy atom. The number of aliphatic hydroxyl groups is 1. The Labute approximate surface area is 142 Å². The monoisotopic (exact) mass is 334 g/mol. The first kappa shape index (κ1) is 19.6. The molecule has 0 amide bonds. The van der Waals surface area contributed by atoms with Crippen LogP contribution in [0.1, 0.15) is 38.2 Å². The third kappa shape index (κ3) is 7.11. The van der Waals surface area contributed by atoms with Crippen LogP contribution in [0.3, 0.4) is 0 Å². The van der Waals surface area contributed by atoms with Crippen LogP contribution in [-0.4, -0.2) is 27.4 Å². The molecule has 1 unspecified atom stereocenters. The lowest BCUT2D eigenvalue weighted by atomic mass is 9.90. The average Bonchev–Trinajstić information content (AvgIpc) is 2.49. The molecule has 1 atom stereocenters. The van der Waals surface area contributed by atoms with E-state index in [9.17, 15) is 5.11 Å². The van der Waals surface area contributed by atoms with Crippen molar-refractivity contribution in [1.29, 1.82) is 0 Å². The molecule has 0 heterocycles. The summed E-state index contributed by atoms with van der Waals surface area (Å²) in [7, 11) is 1.97. The summed E-state index contributed by atoms with van der Waals surface area (Å²) in [5.74, 6) is 4.67. The van der Waals surface area contributed by atoms with Crippen molar-refractivity contribution in [2.24, 2.45) is 0 Å². The fourth-order valence-electron chi connectivity index (χ4n) is 2.27. The summed E-state index contributed by atoms with van der Waals surface area (Å²) in [5, 5.41) is 10.8. The SMILES string of the molecule is COc1cc(OC)cc(C(C)(O)CCCCC#C[Si](C)(C)C)c1. The lowest BCUT2D eigenvalue weighted by Crippen LogP contribution is -2.21. The Hall–Kier alpha value is -1.44. The molecule has 1 aromatic carbocycles. The minimum Gasteiger partial charge on any atom is -0.497 e. The van der Waals surface area contributed by atoms with E-state index in [0.717, 1.165) is 24.8 Å². The van der Waals surface area contributed by atoms with Crippen LogP contribution in [0.25, 0.3) is 0 Å². The molecule has 3 nitrogen and oxygen atoms in total. The molecular weight excluding hydrogens is 304 g/mol. The summed E-state index contributed by atoms with van der Waals surface area (Å²) < 4.78 is 10.6. The molecule has 0 aromatic heterocycles. The molecule has 0 aliphatic carbocycles. The van der Waals surface area contributed by atoms with Gasteiger partial charge >= 0.3 is 0 Å². The van der Waals surface area contributed by atoms with E-state index in [1.54, 1.807) is 14.2 Å². The van der Waals surface area contributed by atoms with Gasteiger partial charge in [-0.3, -0.25) is 0 Å². The van der Waals surface area contributed by atoms with Gasteiger partial charge in [0, 0.05) is 12.5 Å². The van der Waals surface area contributed by atoms with Crippen LogP contribution in [0.2, 0.25) is 19.6 Å². The van der Waals surface area contributed by atoms with E-state index in [1.165, 1.54) is 0 Å². The number of rotatable bonds is 7. The van der Waals surface area contributed by atoms with Crippen molar-refractivity contribution in [3.63, 3.8) is 0 Å². The van der Waals surface area contributed by atoms with Crippen LogP contribution < -0.4 is 9.47 Å². The zero-order valence-electron chi connectivity index (χ0n) is 15.3. The molecule has 0 saturated carbocycles. The summed E-state index contributed by atoms with van der Waals surface area (Å²) in [4.78, 5) is 0. The van der Waals surface area contributed by atoms with Crippen LogP contribution >= 0.6 is 0 Å². The van der Waals surface area contributed by atoms with Gasteiger partial charge in [-0.15, -0.1) is 11.5 Å². The Bertz CT molecular complexity index is 540. The molecule has 0 fully saturated rings. The van der Waals surface area contributed by atoms with Crippen LogP contribution in [0.4, 0.5) is 0 Å². The number of hydrogen-bond donors (Lipinski definition) is 1. The van der Waals surface area contributed by atoms with E-state index in [-0.39, 0.29) is 0 Å². The molecule has 0 aliphatic heterocycles. The Balaban J connectivity index is 2.63. The Morgan fingerprint density at radius 1 is 1.04 bits per heavy atom. The van der Waals surface area contributed by atoms with Crippen molar-refractivity contribution in [3.05, 3.63) is 23.8 Å². The molecule has 1 aromatic rings. The molecule has 0 saturated heterocycles. The number of ether oxygens (including phenoxy) is 2. The second-order valence-electron chi connectivity index (χ2n) is 7.13. The summed E-state index contributed by atoms with van der Waals surface area (Å²) in [6.07, 6.45) is 3.54. The van der Waals surface area contributed by atoms with Gasteiger partial charge in [-0.1, -0.05) is 19.6 Å². The van der Waals surface area contributed by atoms with Crippen molar-refractivity contribution in [1.82, 2.24) is 0 Å². The van der Waals surface area contributed by atoms with E-state index in [4.69, 9.17) is 9.47 Å². The number of methoxy groups -OCH3 is 2. The minimum absolute atomic E-state index is 0.692. The van der Waals surface area contributed by atoms with E-state index in [2.05, 4.69) is 31.1 Å². The van der Waals surface area contributed by atoms with Gasteiger partial charge < -0.3 is 14.6 Å². The first-order valence-electron chi connectivity index (χ1n) is 8.14. The maximum Gasteiger partial charge on any atom is 0.129 e. The first-order valence-corrected chi connectivity index (χ1v) is 11.6. The molecule has 4 heteroatoms. The third-order valence-corrected chi connectivity index (χ3v) is 4.58. The normalized spacial score (nSPS) is 13.7. The zero-order chi connectivity index (χ0) is 17.5. The van der Waals surface area contributed by atoms with Crippen LogP contribution in [-0.2, 0) is 5.60 Å². The van der Waals surface area contributed by atoms with Gasteiger partial charge in [-0.25, -0.2) is 0 Å². The lowest BCUT2D eigenvalue weighted by molar-refractivity contribution is 0.0447. The predicted molar refractivity (Wildman–Crippen MR) is 98.7 cm³/mol. The van der Waals surface area contributed by atoms with Gasteiger partial charge in [0.1, 0.15) is 19.6 Å². The van der Waals surface area contributed by atoms with Crippen LogP contribution in [0.5, 0.6) is 11.5 Å². The van der Waals surface area contributed by atoms with Crippen molar-refractivity contribution in [2.45, 2.75) is 57.8 Å². The maximum atomic E-state index is 10.8. The first-order chi connectivity index (χ1) is 10.7. The van der Waals surface area contributed by atoms with Crippen molar-refractivity contribution in [3.8, 4) is 23.0 Å². The van der Waals surface area contributed by atoms with E-state index in [1.807, 2.05) is 25.1 Å². The summed E-state index contributed by atoms with van der Waals surface area (Å²) in [6.45, 7) is 8.60. The maximum absolute atomic E-state index is 10.8. The highest BCUT2D eigenvalue weighted by atomic mass is 28.3. The molecule has 128 valence electrons. The van der Waals surface area contributed by atoms with Crippen molar-refractivity contribution < 1.29 is 14.6 Å². The van der Waals surface area contributed by atoms with Crippen molar-refractivity contribution >= 4 is 8.07 Å². The highest BCUT2D eigenvalue weighted by molar-refractivity contribution is 6.83. The van der Waals surface area contributed by atoms with Crippen LogP contribution in [0, 0.1) is 11.5 Å². The molecule has 0 spiro atoms. The molecule has 23 heavy (non-hydrogen) atoms. The second-order valence-corrected chi connectivity index (χ2v) is 11.9. The van der Waals surface area contributed by atoms with Gasteiger partial charge in [-0.05, 0) is 43.9 Å². The lowest BCUT2D eigenvalue weighted by Gasteiger charge is -2.25. The Morgan fingerprint density at radius 2 is 1.61 bits per heavy atom. The highest BCUT2D eigenvalue weighted by Crippen LogP contribution is 2.33. The molecule has 1 N–H and O–H groups in total. The molecule has 0 radical (unpaired) electrons. The summed E-state index contributed by atoms with van der Waals surface area (Å²) in [5.41, 5.74) is 3.30. The number of hydrogen-bond acceptors (Lipinski definition) is 3. The summed E-state index contributed by atoms with van der Waals surface area (Å²) >= 11 is 0. The standard InChI is InChI=1S/C19H30O3Si/c1-19(20,11-9-7-8-10-12-23(4,5)6)16-13-17(21-2)15-18(14-16)22-3/h13-15,20H,7-9,11H2,1-6H3. The van der Waals surface area contributed by atoms with Gasteiger partial charge in [0.25, 0.3) is 0 Å². The minimum atomic E-state index is -1.27. The smallest absolute Gasteiger partial charge is 0.129 e. The summed E-state index contributed by atoms with van der Waals surface area (Å²) in [6, 6.07) is 5.55. The quantitative estimate of drug-likeness (QED) is 0.458. The van der Waals surface area contributed by atoms with Gasteiger partial charge in [0.15, 0.2) is 0 Å². The zero-order valence-corrected chi connectivity index (χ0v) is 16.3. The van der Waals surface area contributed by atoms with E-state index >= 15 is 0 Å². The third-order valence-electron chi connectivity index (χ3n) is 3.65. The largest absolute Gasteiger partial charge is 0.497 e.